The topological polar surface area (TPSA) is 26.0 Å². The molecule has 1 rings (SSSR count). The maximum Gasteiger partial charge on any atom is 0.0408 e. The van der Waals surface area contributed by atoms with Crippen LogP contribution in [0.2, 0.25) is 0 Å². The minimum Gasteiger partial charge on any atom is -0.323 e. The van der Waals surface area contributed by atoms with Crippen molar-refractivity contribution in [3.63, 3.8) is 0 Å². The summed E-state index contributed by atoms with van der Waals surface area (Å²) in [4.78, 5) is 0. The Morgan fingerprint density at radius 2 is 2.21 bits per heavy atom. The normalized spacial score (nSPS) is 11.7. The van der Waals surface area contributed by atoms with Crippen LogP contribution in [0.1, 0.15) is 30.5 Å². The van der Waals surface area contributed by atoms with Crippen molar-refractivity contribution in [2.75, 3.05) is 0 Å². The molecule has 0 heterocycles. The third kappa shape index (κ3) is 2.87. The number of hydrogen-bond donors (Lipinski definition) is 1. The first-order valence-corrected chi connectivity index (χ1v) is 5.35. The van der Waals surface area contributed by atoms with Crippen LogP contribution in [0.5, 0.6) is 0 Å². The Morgan fingerprint density at radius 1 is 1.50 bits per heavy atom. The van der Waals surface area contributed by atoms with Gasteiger partial charge in [0.25, 0.3) is 0 Å². The van der Waals surface area contributed by atoms with Crippen molar-refractivity contribution < 1.29 is 0 Å². The molecule has 14 heavy (non-hydrogen) atoms. The second-order valence-corrected chi connectivity index (χ2v) is 4.15. The maximum absolute atomic E-state index is 6.03. The summed E-state index contributed by atoms with van der Waals surface area (Å²) in [6.07, 6.45) is 0.716. The lowest BCUT2D eigenvalue weighted by Gasteiger charge is -2.12. The van der Waals surface area contributed by atoms with Crippen molar-refractivity contribution in [2.24, 2.45) is 5.73 Å². The Balaban J connectivity index is 2.91. The van der Waals surface area contributed by atoms with Crippen molar-refractivity contribution in [2.45, 2.75) is 26.3 Å². The third-order valence-electron chi connectivity index (χ3n) is 2.14. The van der Waals surface area contributed by atoms with Crippen LogP contribution in [0.3, 0.4) is 0 Å². The molecule has 0 aliphatic carbocycles. The van der Waals surface area contributed by atoms with Gasteiger partial charge in [-0.25, -0.2) is 0 Å². The minimum atomic E-state index is 0.0138. The maximum atomic E-state index is 6.03. The molecule has 0 saturated carbocycles. The van der Waals surface area contributed by atoms with Gasteiger partial charge in [0.15, 0.2) is 0 Å². The van der Waals surface area contributed by atoms with Crippen molar-refractivity contribution in [1.29, 1.82) is 0 Å². The molecular weight excluding hydrogens is 238 g/mol. The fraction of sp³-hybridized carbons (Fsp3) is 0.333. The summed E-state index contributed by atoms with van der Waals surface area (Å²) in [6.45, 7) is 3.90. The summed E-state index contributed by atoms with van der Waals surface area (Å²) < 4.78 is 1.07. The van der Waals surface area contributed by atoms with Crippen LogP contribution < -0.4 is 5.73 Å². The zero-order chi connectivity index (χ0) is 10.6. The molecule has 0 aromatic heterocycles. The second kappa shape index (κ2) is 5.19. The van der Waals surface area contributed by atoms with Crippen LogP contribution in [-0.2, 0) is 0 Å². The summed E-state index contributed by atoms with van der Waals surface area (Å²) >= 11 is 3.44. The van der Waals surface area contributed by atoms with Gasteiger partial charge in [0.05, 0.1) is 0 Å². The number of rotatable bonds is 2. The molecule has 1 aromatic carbocycles. The van der Waals surface area contributed by atoms with Gasteiger partial charge in [-0.2, -0.15) is 0 Å². The fourth-order valence-electron chi connectivity index (χ4n) is 1.33. The van der Waals surface area contributed by atoms with Crippen molar-refractivity contribution in [3.05, 3.63) is 33.8 Å². The van der Waals surface area contributed by atoms with E-state index < -0.39 is 0 Å². The second-order valence-electron chi connectivity index (χ2n) is 3.24. The van der Waals surface area contributed by atoms with Crippen molar-refractivity contribution in [3.8, 4) is 11.8 Å². The molecular formula is C12H14BrN. The van der Waals surface area contributed by atoms with Gasteiger partial charge in [0.1, 0.15) is 0 Å². The molecule has 0 fully saturated rings. The molecule has 2 heteroatoms. The lowest BCUT2D eigenvalue weighted by Crippen LogP contribution is -2.10. The predicted octanol–water partition coefficient (Wildman–Crippen LogP) is 3.17. The summed E-state index contributed by atoms with van der Waals surface area (Å²) in [5.74, 6) is 5.86. The van der Waals surface area contributed by atoms with E-state index in [0.717, 1.165) is 4.47 Å². The summed E-state index contributed by atoms with van der Waals surface area (Å²) in [7, 11) is 0. The van der Waals surface area contributed by atoms with E-state index in [0.29, 0.717) is 6.42 Å². The number of hydrogen-bond acceptors (Lipinski definition) is 1. The summed E-state index contributed by atoms with van der Waals surface area (Å²) in [5, 5.41) is 0. The molecule has 2 N–H and O–H groups in total. The van der Waals surface area contributed by atoms with Crippen molar-refractivity contribution >= 4 is 15.9 Å². The van der Waals surface area contributed by atoms with Crippen LogP contribution in [-0.4, -0.2) is 0 Å². The Morgan fingerprint density at radius 3 is 2.86 bits per heavy atom. The van der Waals surface area contributed by atoms with E-state index in [4.69, 9.17) is 5.73 Å². The molecule has 0 bridgehead atoms. The van der Waals surface area contributed by atoms with Crippen LogP contribution in [0, 0.1) is 18.8 Å². The first-order valence-electron chi connectivity index (χ1n) is 4.56. The quantitative estimate of drug-likeness (QED) is 0.804. The van der Waals surface area contributed by atoms with Gasteiger partial charge in [-0.1, -0.05) is 22.0 Å². The molecule has 1 atom stereocenters. The molecule has 0 aliphatic heterocycles. The Kier molecular flexibility index (Phi) is 4.19. The van der Waals surface area contributed by atoms with Crippen LogP contribution in [0.4, 0.5) is 0 Å². The van der Waals surface area contributed by atoms with Gasteiger partial charge in [-0.3, -0.25) is 0 Å². The first-order chi connectivity index (χ1) is 6.65. The smallest absolute Gasteiger partial charge is 0.0408 e. The third-order valence-corrected chi connectivity index (χ3v) is 2.63. The number of halogens is 1. The summed E-state index contributed by atoms with van der Waals surface area (Å²) in [6, 6.07) is 6.17. The van der Waals surface area contributed by atoms with E-state index in [-0.39, 0.29) is 6.04 Å². The minimum absolute atomic E-state index is 0.0138. The lowest BCUT2D eigenvalue weighted by atomic mass is 10.00. The highest BCUT2D eigenvalue weighted by atomic mass is 79.9. The SMILES string of the molecule is CC#CCC(N)c1cc(Br)ccc1C. The van der Waals surface area contributed by atoms with Gasteiger partial charge in [0, 0.05) is 16.9 Å². The van der Waals surface area contributed by atoms with Gasteiger partial charge < -0.3 is 5.73 Å². The number of aryl methyl sites for hydroxylation is 1. The van der Waals surface area contributed by atoms with E-state index in [1.807, 2.05) is 13.0 Å². The van der Waals surface area contributed by atoms with E-state index >= 15 is 0 Å². The van der Waals surface area contributed by atoms with Gasteiger partial charge >= 0.3 is 0 Å². The molecule has 0 amide bonds. The van der Waals surface area contributed by atoms with E-state index in [2.05, 4.69) is 46.8 Å². The Labute approximate surface area is 93.8 Å². The highest BCUT2D eigenvalue weighted by molar-refractivity contribution is 9.10. The molecule has 0 spiro atoms. The Bertz CT molecular complexity index is 374. The molecule has 1 unspecified atom stereocenters. The molecule has 74 valence electrons. The number of nitrogens with two attached hydrogens (primary N) is 1. The predicted molar refractivity (Wildman–Crippen MR) is 63.9 cm³/mol. The lowest BCUT2D eigenvalue weighted by molar-refractivity contribution is 0.747. The molecule has 1 aromatic rings. The standard InChI is InChI=1S/C12H14BrN/c1-3-4-5-12(14)11-8-10(13)7-6-9(11)2/h6-8,12H,5,14H2,1-2H3. The first kappa shape index (κ1) is 11.3. The summed E-state index contributed by atoms with van der Waals surface area (Å²) in [5.41, 5.74) is 8.42. The van der Waals surface area contributed by atoms with E-state index in [9.17, 15) is 0 Å². The van der Waals surface area contributed by atoms with E-state index in [1.165, 1.54) is 11.1 Å². The molecule has 0 radical (unpaired) electrons. The Hall–Kier alpha value is -0.780. The largest absolute Gasteiger partial charge is 0.323 e. The van der Waals surface area contributed by atoms with Crippen LogP contribution >= 0.6 is 15.9 Å². The zero-order valence-corrected chi connectivity index (χ0v) is 10.1. The fourth-order valence-corrected chi connectivity index (χ4v) is 1.71. The van der Waals surface area contributed by atoms with Gasteiger partial charge in [-0.05, 0) is 37.1 Å². The molecule has 0 saturated heterocycles. The average molecular weight is 252 g/mol. The number of benzene rings is 1. The highest BCUT2D eigenvalue weighted by Crippen LogP contribution is 2.22. The van der Waals surface area contributed by atoms with Gasteiger partial charge in [0.2, 0.25) is 0 Å². The monoisotopic (exact) mass is 251 g/mol. The van der Waals surface area contributed by atoms with E-state index in [1.54, 1.807) is 0 Å². The van der Waals surface area contributed by atoms with Gasteiger partial charge in [-0.15, -0.1) is 11.8 Å². The highest BCUT2D eigenvalue weighted by Gasteiger charge is 2.07. The van der Waals surface area contributed by atoms with Crippen LogP contribution in [0.25, 0.3) is 0 Å². The molecule has 0 aliphatic rings. The van der Waals surface area contributed by atoms with Crippen LogP contribution in [0.15, 0.2) is 22.7 Å². The zero-order valence-electron chi connectivity index (χ0n) is 8.47. The molecule has 1 nitrogen and oxygen atoms in total. The average Bonchev–Trinajstić information content (AvgIpc) is 2.18. The van der Waals surface area contributed by atoms with Crippen molar-refractivity contribution in [1.82, 2.24) is 0 Å².